The first-order chi connectivity index (χ1) is 20.1. The monoisotopic (exact) mass is 575 g/mol. The fraction of sp³-hybridized carbons (Fsp3) is 0.355. The van der Waals surface area contributed by atoms with Gasteiger partial charge in [-0.25, -0.2) is 19.7 Å². The lowest BCUT2D eigenvalue weighted by atomic mass is 9.95. The summed E-state index contributed by atoms with van der Waals surface area (Å²) in [6, 6.07) is 10.4. The number of para-hydroxylation sites is 1. The number of aliphatic hydroxyl groups excluding tert-OH is 1. The minimum Gasteiger partial charge on any atom is -0.444 e. The number of carbonyl (C=O) groups excluding carboxylic acids is 1. The number of ether oxygens (including phenoxy) is 2. The molecule has 42 heavy (non-hydrogen) atoms. The van der Waals surface area contributed by atoms with Crippen LogP contribution in [0.25, 0.3) is 22.3 Å². The standard InChI is InChI=1S/C31H31F2N5O4/c1-31(2,3)42-30(40)37-12-10-18(11-13-37)28-34-15-20(16-35-28)19-8-9-25-36-26-23(39)14-22(27(26)38(25)17-19)21-6-4-5-7-24(21)41-29(32)33/h4-10,15-17,22-23,29,39H,11-14H2,1-3H3. The molecule has 0 saturated heterocycles. The van der Waals surface area contributed by atoms with Gasteiger partial charge in [0.05, 0.1) is 17.5 Å². The molecule has 218 valence electrons. The van der Waals surface area contributed by atoms with Gasteiger partial charge in [0.15, 0.2) is 5.82 Å². The second-order valence-corrected chi connectivity index (χ2v) is 11.4. The molecule has 3 aromatic heterocycles. The van der Waals surface area contributed by atoms with E-state index in [-0.39, 0.29) is 17.8 Å². The Balaban J connectivity index is 1.26. The lowest BCUT2D eigenvalue weighted by Crippen LogP contribution is -2.39. The molecule has 4 aromatic rings. The van der Waals surface area contributed by atoms with Crippen molar-refractivity contribution in [3.05, 3.63) is 83.8 Å². The molecule has 6 rings (SSSR count). The zero-order valence-electron chi connectivity index (χ0n) is 23.5. The highest BCUT2D eigenvalue weighted by molar-refractivity contribution is 5.72. The van der Waals surface area contributed by atoms with E-state index in [1.54, 1.807) is 35.5 Å². The van der Waals surface area contributed by atoms with Crippen molar-refractivity contribution < 1.29 is 28.2 Å². The van der Waals surface area contributed by atoms with Gasteiger partial charge in [0.25, 0.3) is 0 Å². The van der Waals surface area contributed by atoms with Crippen LogP contribution in [-0.4, -0.2) is 60.8 Å². The summed E-state index contributed by atoms with van der Waals surface area (Å²) in [4.78, 5) is 27.9. The van der Waals surface area contributed by atoms with Crippen LogP contribution in [0.15, 0.2) is 61.1 Å². The fourth-order valence-electron chi connectivity index (χ4n) is 5.54. The normalized spacial score (nSPS) is 18.7. The van der Waals surface area contributed by atoms with Gasteiger partial charge in [-0.3, -0.25) is 0 Å². The van der Waals surface area contributed by atoms with Crippen LogP contribution in [-0.2, 0) is 4.74 Å². The van der Waals surface area contributed by atoms with E-state index in [4.69, 9.17) is 9.47 Å². The molecule has 1 aliphatic carbocycles. The van der Waals surface area contributed by atoms with E-state index in [1.807, 2.05) is 49.6 Å². The molecular weight excluding hydrogens is 544 g/mol. The number of fused-ring (bicyclic) bond motifs is 3. The fourth-order valence-corrected chi connectivity index (χ4v) is 5.54. The Morgan fingerprint density at radius 3 is 2.55 bits per heavy atom. The van der Waals surface area contributed by atoms with Gasteiger partial charge >= 0.3 is 12.7 Å². The maximum atomic E-state index is 13.1. The van der Waals surface area contributed by atoms with E-state index in [9.17, 15) is 18.7 Å². The Bertz CT molecular complexity index is 1660. The number of rotatable bonds is 5. The molecule has 4 heterocycles. The average Bonchev–Trinajstić information content (AvgIpc) is 3.49. The molecule has 1 N–H and O–H groups in total. The Hall–Kier alpha value is -4.38. The van der Waals surface area contributed by atoms with Gasteiger partial charge in [0.1, 0.15) is 17.0 Å². The molecule has 0 spiro atoms. The maximum Gasteiger partial charge on any atom is 0.410 e. The van der Waals surface area contributed by atoms with Gasteiger partial charge in [0, 0.05) is 54.3 Å². The van der Waals surface area contributed by atoms with Crippen molar-refractivity contribution in [2.75, 3.05) is 13.1 Å². The van der Waals surface area contributed by atoms with Gasteiger partial charge in [0.2, 0.25) is 0 Å². The summed E-state index contributed by atoms with van der Waals surface area (Å²) in [5, 5.41) is 10.8. The van der Waals surface area contributed by atoms with Gasteiger partial charge in [-0.2, -0.15) is 8.78 Å². The molecule has 0 saturated carbocycles. The lowest BCUT2D eigenvalue weighted by Gasteiger charge is -2.29. The summed E-state index contributed by atoms with van der Waals surface area (Å²) >= 11 is 0. The molecule has 1 amide bonds. The minimum absolute atomic E-state index is 0.0823. The summed E-state index contributed by atoms with van der Waals surface area (Å²) < 4.78 is 38.4. The summed E-state index contributed by atoms with van der Waals surface area (Å²) in [5.41, 5.74) is 4.51. The number of aliphatic hydroxyl groups is 1. The number of nitrogens with zero attached hydrogens (tertiary/aromatic N) is 5. The molecule has 0 fully saturated rings. The third kappa shape index (κ3) is 5.44. The predicted molar refractivity (Wildman–Crippen MR) is 151 cm³/mol. The van der Waals surface area contributed by atoms with Crippen LogP contribution in [0.2, 0.25) is 0 Å². The van der Waals surface area contributed by atoms with Crippen molar-refractivity contribution in [2.45, 2.75) is 57.8 Å². The average molecular weight is 576 g/mol. The highest BCUT2D eigenvalue weighted by atomic mass is 19.3. The van der Waals surface area contributed by atoms with Crippen molar-refractivity contribution in [3.8, 4) is 16.9 Å². The number of amides is 1. The zero-order chi connectivity index (χ0) is 29.6. The first kappa shape index (κ1) is 27.8. The van der Waals surface area contributed by atoms with Crippen molar-refractivity contribution in [1.82, 2.24) is 24.3 Å². The third-order valence-electron chi connectivity index (χ3n) is 7.43. The Kier molecular flexibility index (Phi) is 7.14. The van der Waals surface area contributed by atoms with E-state index in [1.165, 1.54) is 6.07 Å². The van der Waals surface area contributed by atoms with Crippen molar-refractivity contribution in [2.24, 2.45) is 0 Å². The largest absolute Gasteiger partial charge is 0.444 e. The summed E-state index contributed by atoms with van der Waals surface area (Å²) in [5.74, 6) is 0.303. The molecule has 2 unspecified atom stereocenters. The van der Waals surface area contributed by atoms with E-state index in [2.05, 4.69) is 15.0 Å². The van der Waals surface area contributed by atoms with Gasteiger partial charge in [-0.1, -0.05) is 24.3 Å². The van der Waals surface area contributed by atoms with Crippen LogP contribution in [0.1, 0.15) is 68.4 Å². The van der Waals surface area contributed by atoms with Crippen molar-refractivity contribution >= 4 is 17.3 Å². The first-order valence-corrected chi connectivity index (χ1v) is 13.8. The highest BCUT2D eigenvalue weighted by Crippen LogP contribution is 2.47. The quantitative estimate of drug-likeness (QED) is 0.312. The lowest BCUT2D eigenvalue weighted by molar-refractivity contribution is -0.0506. The van der Waals surface area contributed by atoms with Crippen LogP contribution in [0.4, 0.5) is 13.6 Å². The number of hydrogen-bond acceptors (Lipinski definition) is 7. The minimum atomic E-state index is -2.96. The molecule has 2 atom stereocenters. The molecule has 11 heteroatoms. The number of halogens is 2. The number of aromatic nitrogens is 4. The van der Waals surface area contributed by atoms with Crippen LogP contribution in [0, 0.1) is 0 Å². The van der Waals surface area contributed by atoms with Crippen LogP contribution < -0.4 is 4.74 Å². The highest BCUT2D eigenvalue weighted by Gasteiger charge is 2.37. The van der Waals surface area contributed by atoms with Crippen molar-refractivity contribution in [1.29, 1.82) is 0 Å². The molecular formula is C31H31F2N5O4. The number of benzene rings is 1. The first-order valence-electron chi connectivity index (χ1n) is 13.8. The molecule has 1 aromatic carbocycles. The van der Waals surface area contributed by atoms with E-state index in [0.29, 0.717) is 48.7 Å². The summed E-state index contributed by atoms with van der Waals surface area (Å²) in [7, 11) is 0. The van der Waals surface area contributed by atoms with Gasteiger partial charge in [-0.05, 0) is 57.4 Å². The van der Waals surface area contributed by atoms with E-state index in [0.717, 1.165) is 22.4 Å². The second kappa shape index (κ2) is 10.8. The summed E-state index contributed by atoms with van der Waals surface area (Å²) in [6.07, 6.45) is 7.11. The van der Waals surface area contributed by atoms with Crippen LogP contribution >= 0.6 is 0 Å². The zero-order valence-corrected chi connectivity index (χ0v) is 23.5. The molecule has 0 bridgehead atoms. The second-order valence-electron chi connectivity index (χ2n) is 11.4. The number of hydrogen-bond donors (Lipinski definition) is 1. The van der Waals surface area contributed by atoms with Crippen LogP contribution in [0.5, 0.6) is 5.75 Å². The molecule has 0 radical (unpaired) electrons. The smallest absolute Gasteiger partial charge is 0.410 e. The molecule has 2 aliphatic rings. The van der Waals surface area contributed by atoms with Crippen LogP contribution in [0.3, 0.4) is 0 Å². The number of carbonyl (C=O) groups is 1. The van der Waals surface area contributed by atoms with Gasteiger partial charge < -0.3 is 23.9 Å². The molecule has 9 nitrogen and oxygen atoms in total. The number of alkyl halides is 2. The summed E-state index contributed by atoms with van der Waals surface area (Å²) in [6.45, 7) is 3.52. The van der Waals surface area contributed by atoms with Gasteiger partial charge in [-0.15, -0.1) is 0 Å². The predicted octanol–water partition coefficient (Wildman–Crippen LogP) is 5.99. The number of pyridine rings is 1. The molecule has 1 aliphatic heterocycles. The van der Waals surface area contributed by atoms with Crippen molar-refractivity contribution in [3.63, 3.8) is 0 Å². The Morgan fingerprint density at radius 1 is 1.10 bits per heavy atom. The third-order valence-corrected chi connectivity index (χ3v) is 7.43. The number of imidazole rings is 1. The van der Waals surface area contributed by atoms with E-state index < -0.39 is 18.3 Å². The SMILES string of the molecule is CC(C)(C)OC(=O)N1CC=C(c2ncc(-c3ccc4nc5c(n4c3)C(c3ccccc3OC(F)F)CC5O)cn2)CC1. The Morgan fingerprint density at radius 2 is 1.86 bits per heavy atom. The van der Waals surface area contributed by atoms with E-state index >= 15 is 0 Å². The maximum absolute atomic E-state index is 13.1. The Labute approximate surface area is 241 Å². The topological polar surface area (TPSA) is 102 Å².